The quantitative estimate of drug-likeness (QED) is 0.795. The van der Waals surface area contributed by atoms with Gasteiger partial charge < -0.3 is 5.11 Å². The molecule has 13 heavy (non-hydrogen) atoms. The molecule has 1 nitrogen and oxygen atoms in total. The summed E-state index contributed by atoms with van der Waals surface area (Å²) in [4.78, 5) is 1.08. The van der Waals surface area contributed by atoms with Gasteiger partial charge in [-0.15, -0.1) is 11.3 Å². The van der Waals surface area contributed by atoms with Gasteiger partial charge in [-0.25, -0.2) is 0 Å². The van der Waals surface area contributed by atoms with Gasteiger partial charge in [-0.05, 0) is 41.1 Å². The Bertz CT molecular complexity index is 447. The average Bonchev–Trinajstić information content (AvgIpc) is 2.44. The first kappa shape index (κ1) is 9.27. The molecule has 1 aromatic heterocycles. The van der Waals surface area contributed by atoms with Crippen molar-refractivity contribution in [3.8, 4) is 5.75 Å². The highest BCUT2D eigenvalue weighted by Gasteiger charge is 2.11. The van der Waals surface area contributed by atoms with E-state index in [0.29, 0.717) is 5.75 Å². The van der Waals surface area contributed by atoms with Gasteiger partial charge in [0.05, 0.1) is 0 Å². The van der Waals surface area contributed by atoms with Crippen LogP contribution < -0.4 is 0 Å². The lowest BCUT2D eigenvalue weighted by Gasteiger charge is -1.94. The van der Waals surface area contributed by atoms with Crippen LogP contribution in [0.3, 0.4) is 0 Å². The standard InChI is InChI=1S/C10H9IOS/c1-2-7-10(12)9-6(11)4-3-5-8(9)13-7/h3-5,12H,2H2,1H3. The van der Waals surface area contributed by atoms with E-state index in [2.05, 4.69) is 35.6 Å². The number of aromatic hydroxyl groups is 1. The van der Waals surface area contributed by atoms with E-state index in [4.69, 9.17) is 0 Å². The van der Waals surface area contributed by atoms with Gasteiger partial charge in [-0.1, -0.05) is 13.0 Å². The van der Waals surface area contributed by atoms with E-state index in [1.165, 1.54) is 4.70 Å². The lowest BCUT2D eigenvalue weighted by atomic mass is 10.2. The summed E-state index contributed by atoms with van der Waals surface area (Å²) in [5, 5.41) is 10.9. The Kier molecular flexibility index (Phi) is 2.47. The van der Waals surface area contributed by atoms with Gasteiger partial charge in [-0.2, -0.15) is 0 Å². The molecule has 2 rings (SSSR count). The van der Waals surface area contributed by atoms with Gasteiger partial charge in [-0.3, -0.25) is 0 Å². The Morgan fingerprint density at radius 2 is 2.23 bits per heavy atom. The number of fused-ring (bicyclic) bond motifs is 1. The molecule has 1 heterocycles. The van der Waals surface area contributed by atoms with Crippen molar-refractivity contribution in [2.45, 2.75) is 13.3 Å². The van der Waals surface area contributed by atoms with Crippen LogP contribution in [0.2, 0.25) is 0 Å². The Morgan fingerprint density at radius 3 is 2.85 bits per heavy atom. The van der Waals surface area contributed by atoms with Crippen LogP contribution in [0.1, 0.15) is 11.8 Å². The smallest absolute Gasteiger partial charge is 0.138 e. The van der Waals surface area contributed by atoms with E-state index < -0.39 is 0 Å². The van der Waals surface area contributed by atoms with Crippen molar-refractivity contribution in [3.63, 3.8) is 0 Å². The second-order valence-electron chi connectivity index (χ2n) is 2.84. The Labute approximate surface area is 94.5 Å². The molecule has 0 fully saturated rings. The summed E-state index contributed by atoms with van der Waals surface area (Å²) in [7, 11) is 0. The first-order valence-electron chi connectivity index (χ1n) is 4.13. The monoisotopic (exact) mass is 304 g/mol. The van der Waals surface area contributed by atoms with Crippen LogP contribution in [-0.4, -0.2) is 5.11 Å². The van der Waals surface area contributed by atoms with Crippen molar-refractivity contribution in [3.05, 3.63) is 26.6 Å². The maximum Gasteiger partial charge on any atom is 0.138 e. The minimum atomic E-state index is 0.479. The van der Waals surface area contributed by atoms with Crippen LogP contribution in [0, 0.1) is 3.57 Å². The summed E-state index contributed by atoms with van der Waals surface area (Å²) < 4.78 is 2.31. The molecule has 0 bridgehead atoms. The maximum absolute atomic E-state index is 9.88. The van der Waals surface area contributed by atoms with Crippen LogP contribution in [0.5, 0.6) is 5.75 Å². The Hall–Kier alpha value is -0.290. The molecule has 1 aromatic carbocycles. The fourth-order valence-electron chi connectivity index (χ4n) is 1.38. The molecule has 0 aliphatic carbocycles. The van der Waals surface area contributed by atoms with Crippen molar-refractivity contribution in [2.24, 2.45) is 0 Å². The zero-order valence-electron chi connectivity index (χ0n) is 7.17. The number of benzene rings is 1. The SMILES string of the molecule is CCc1sc2cccc(I)c2c1O. The third-order valence-electron chi connectivity index (χ3n) is 2.03. The maximum atomic E-state index is 9.88. The zero-order chi connectivity index (χ0) is 9.42. The minimum absolute atomic E-state index is 0.479. The third-order valence-corrected chi connectivity index (χ3v) is 4.22. The summed E-state index contributed by atoms with van der Waals surface area (Å²) >= 11 is 3.94. The van der Waals surface area contributed by atoms with Crippen LogP contribution in [0.4, 0.5) is 0 Å². The molecule has 0 aliphatic rings. The lowest BCUT2D eigenvalue weighted by molar-refractivity contribution is 0.478. The highest BCUT2D eigenvalue weighted by Crippen LogP contribution is 2.39. The fraction of sp³-hybridized carbons (Fsp3) is 0.200. The summed E-state index contributed by atoms with van der Waals surface area (Å²) in [6, 6.07) is 6.11. The van der Waals surface area contributed by atoms with Crippen molar-refractivity contribution in [1.82, 2.24) is 0 Å². The summed E-state index contributed by atoms with van der Waals surface area (Å²) in [6.07, 6.45) is 0.904. The zero-order valence-corrected chi connectivity index (χ0v) is 10.1. The van der Waals surface area contributed by atoms with E-state index >= 15 is 0 Å². The van der Waals surface area contributed by atoms with E-state index in [1.807, 2.05) is 12.1 Å². The molecule has 2 aromatic rings. The average molecular weight is 304 g/mol. The molecule has 0 radical (unpaired) electrons. The van der Waals surface area contributed by atoms with Gasteiger partial charge >= 0.3 is 0 Å². The largest absolute Gasteiger partial charge is 0.506 e. The summed E-state index contributed by atoms with van der Waals surface area (Å²) in [5.41, 5.74) is 0. The van der Waals surface area contributed by atoms with E-state index in [0.717, 1.165) is 20.3 Å². The normalized spacial score (nSPS) is 10.9. The molecule has 0 unspecified atom stereocenters. The second-order valence-corrected chi connectivity index (χ2v) is 5.14. The molecular weight excluding hydrogens is 295 g/mol. The summed E-state index contributed by atoms with van der Waals surface area (Å²) in [6.45, 7) is 2.07. The van der Waals surface area contributed by atoms with E-state index in [-0.39, 0.29) is 0 Å². The molecular formula is C10H9IOS. The highest BCUT2D eigenvalue weighted by molar-refractivity contribution is 14.1. The Balaban J connectivity index is 2.85. The number of aryl methyl sites for hydroxylation is 1. The van der Waals surface area contributed by atoms with Crippen molar-refractivity contribution in [2.75, 3.05) is 0 Å². The predicted octanol–water partition coefficient (Wildman–Crippen LogP) is 3.77. The van der Waals surface area contributed by atoms with E-state index in [9.17, 15) is 5.11 Å². The van der Waals surface area contributed by atoms with Crippen LogP contribution in [0.25, 0.3) is 10.1 Å². The number of thiophene rings is 1. The molecule has 68 valence electrons. The lowest BCUT2D eigenvalue weighted by Crippen LogP contribution is -1.73. The van der Waals surface area contributed by atoms with Gasteiger partial charge in [0.2, 0.25) is 0 Å². The molecule has 3 heteroatoms. The number of hydrogen-bond acceptors (Lipinski definition) is 2. The highest BCUT2D eigenvalue weighted by atomic mass is 127. The Morgan fingerprint density at radius 1 is 1.46 bits per heavy atom. The van der Waals surface area contributed by atoms with Crippen LogP contribution in [0.15, 0.2) is 18.2 Å². The number of rotatable bonds is 1. The van der Waals surface area contributed by atoms with Crippen molar-refractivity contribution < 1.29 is 5.11 Å². The molecule has 1 N–H and O–H groups in total. The molecule has 0 saturated carbocycles. The minimum Gasteiger partial charge on any atom is -0.506 e. The topological polar surface area (TPSA) is 20.2 Å². The summed E-state index contributed by atoms with van der Waals surface area (Å²) in [5.74, 6) is 0.479. The molecule has 0 amide bonds. The predicted molar refractivity (Wildman–Crippen MR) is 65.6 cm³/mol. The van der Waals surface area contributed by atoms with Gasteiger partial charge in [0.25, 0.3) is 0 Å². The molecule has 0 spiro atoms. The van der Waals surface area contributed by atoms with Crippen LogP contribution in [-0.2, 0) is 6.42 Å². The van der Waals surface area contributed by atoms with Gasteiger partial charge in [0.1, 0.15) is 5.75 Å². The second kappa shape index (κ2) is 3.46. The number of halogens is 1. The first-order valence-corrected chi connectivity index (χ1v) is 6.02. The van der Waals surface area contributed by atoms with Gasteiger partial charge in [0.15, 0.2) is 0 Å². The van der Waals surface area contributed by atoms with E-state index in [1.54, 1.807) is 11.3 Å². The van der Waals surface area contributed by atoms with Gasteiger partial charge in [0, 0.05) is 18.5 Å². The number of hydrogen-bond donors (Lipinski definition) is 1. The fourth-order valence-corrected chi connectivity index (χ4v) is 3.38. The van der Waals surface area contributed by atoms with Crippen molar-refractivity contribution >= 4 is 44.0 Å². The van der Waals surface area contributed by atoms with Crippen LogP contribution >= 0.6 is 33.9 Å². The molecule has 0 saturated heterocycles. The molecule has 0 atom stereocenters. The van der Waals surface area contributed by atoms with Crippen molar-refractivity contribution in [1.29, 1.82) is 0 Å². The molecule has 0 aliphatic heterocycles. The first-order chi connectivity index (χ1) is 6.24. The third kappa shape index (κ3) is 1.44.